The molecule has 1 fully saturated rings. The molecule has 6 nitrogen and oxygen atoms in total. The first-order valence-electron chi connectivity index (χ1n) is 12.7. The van der Waals surface area contributed by atoms with E-state index >= 15 is 0 Å². The van der Waals surface area contributed by atoms with Gasteiger partial charge < -0.3 is 14.6 Å². The number of hydrogen-bond acceptors (Lipinski definition) is 6. The van der Waals surface area contributed by atoms with E-state index in [0.29, 0.717) is 38.7 Å². The van der Waals surface area contributed by atoms with Gasteiger partial charge in [-0.25, -0.2) is 0 Å². The molecular formula is C30H30ClN3O3. The summed E-state index contributed by atoms with van der Waals surface area (Å²) >= 11 is 6.27. The van der Waals surface area contributed by atoms with Gasteiger partial charge in [0.2, 0.25) is 5.88 Å². The first-order valence-corrected chi connectivity index (χ1v) is 13.0. The largest absolute Gasteiger partial charge is 0.440 e. The molecule has 0 amide bonds. The third-order valence-corrected chi connectivity index (χ3v) is 7.20. The van der Waals surface area contributed by atoms with Crippen LogP contribution in [0.25, 0.3) is 22.2 Å². The molecule has 2 aromatic heterocycles. The van der Waals surface area contributed by atoms with Crippen LogP contribution >= 0.6 is 11.6 Å². The van der Waals surface area contributed by atoms with Gasteiger partial charge in [0, 0.05) is 41.0 Å². The number of hydrogen-bond donors (Lipinski definition) is 1. The molecule has 0 saturated carbocycles. The van der Waals surface area contributed by atoms with E-state index in [1.165, 1.54) is 6.42 Å². The lowest BCUT2D eigenvalue weighted by atomic mass is 9.99. The van der Waals surface area contributed by atoms with Crippen LogP contribution in [0, 0.1) is 13.8 Å². The zero-order valence-corrected chi connectivity index (χ0v) is 22.1. The topological polar surface area (TPSA) is 75.4 Å². The molecule has 0 spiro atoms. The Morgan fingerprint density at radius 2 is 1.89 bits per heavy atom. The van der Waals surface area contributed by atoms with E-state index in [4.69, 9.17) is 16.0 Å². The third-order valence-electron chi connectivity index (χ3n) is 6.99. The predicted octanol–water partition coefficient (Wildman–Crippen LogP) is 7.10. The van der Waals surface area contributed by atoms with Crippen molar-refractivity contribution in [2.45, 2.75) is 46.1 Å². The number of pyridine rings is 1. The van der Waals surface area contributed by atoms with Gasteiger partial charge in [-0.15, -0.1) is 0 Å². The fraction of sp³-hybridized carbons (Fsp3) is 0.300. The Bertz CT molecular complexity index is 1540. The molecule has 1 aliphatic heterocycles. The average Bonchev–Trinajstić information content (AvgIpc) is 2.91. The maximum Gasteiger partial charge on any atom is 0.202 e. The number of halogens is 1. The van der Waals surface area contributed by atoms with Crippen molar-refractivity contribution in [3.63, 3.8) is 0 Å². The highest BCUT2D eigenvalue weighted by Gasteiger charge is 2.23. The van der Waals surface area contributed by atoms with E-state index in [2.05, 4.69) is 21.3 Å². The fourth-order valence-corrected chi connectivity index (χ4v) is 5.40. The van der Waals surface area contributed by atoms with Crippen LogP contribution in [0.15, 0.2) is 57.9 Å². The first kappa shape index (κ1) is 25.0. The molecule has 0 bridgehead atoms. The van der Waals surface area contributed by atoms with Crippen LogP contribution in [-0.2, 0) is 0 Å². The number of benzene rings is 2. The summed E-state index contributed by atoms with van der Waals surface area (Å²) in [6.45, 7) is 7.68. The number of fused-ring (bicyclic) bond motifs is 1. The van der Waals surface area contributed by atoms with Crippen LogP contribution in [0.5, 0.6) is 0 Å². The highest BCUT2D eigenvalue weighted by atomic mass is 35.5. The Kier molecular flexibility index (Phi) is 7.02. The summed E-state index contributed by atoms with van der Waals surface area (Å²) in [5.74, 6) is 0.678. The summed E-state index contributed by atoms with van der Waals surface area (Å²) in [5.41, 5.74) is 5.88. The lowest BCUT2D eigenvalue weighted by Crippen LogP contribution is -2.31. The van der Waals surface area contributed by atoms with E-state index in [1.807, 2.05) is 39.0 Å². The van der Waals surface area contributed by atoms with Crippen molar-refractivity contribution in [2.75, 3.05) is 23.3 Å². The summed E-state index contributed by atoms with van der Waals surface area (Å²) in [5, 5.41) is 4.63. The maximum atomic E-state index is 13.5. The lowest BCUT2D eigenvalue weighted by molar-refractivity contribution is 0.112. The number of nitrogens with one attached hydrogen (secondary N) is 1. The molecule has 3 heterocycles. The van der Waals surface area contributed by atoms with Crippen molar-refractivity contribution in [1.82, 2.24) is 4.98 Å². The highest BCUT2D eigenvalue weighted by molar-refractivity contribution is 6.31. The van der Waals surface area contributed by atoms with Crippen molar-refractivity contribution in [1.29, 1.82) is 0 Å². The quantitative estimate of drug-likeness (QED) is 0.276. The number of aldehydes is 1. The van der Waals surface area contributed by atoms with Crippen molar-refractivity contribution in [3.8, 4) is 11.3 Å². The number of aryl methyl sites for hydroxylation is 1. The van der Waals surface area contributed by atoms with Crippen molar-refractivity contribution >= 4 is 40.4 Å². The van der Waals surface area contributed by atoms with E-state index in [1.54, 1.807) is 24.4 Å². The number of carbonyl (C=O) groups excluding carboxylic acids is 1. The second-order valence-corrected chi connectivity index (χ2v) is 10.2. The van der Waals surface area contributed by atoms with Gasteiger partial charge in [0.05, 0.1) is 28.4 Å². The van der Waals surface area contributed by atoms with Gasteiger partial charge in [-0.1, -0.05) is 17.7 Å². The number of carbonyl (C=O) groups is 1. The number of nitrogens with zero attached hydrogens (tertiary/aromatic N) is 2. The van der Waals surface area contributed by atoms with Gasteiger partial charge in [-0.2, -0.15) is 0 Å². The molecule has 4 aromatic rings. The number of rotatable bonds is 6. The van der Waals surface area contributed by atoms with Crippen LogP contribution in [0.3, 0.4) is 0 Å². The summed E-state index contributed by atoms with van der Waals surface area (Å²) in [6, 6.07) is 12.8. The molecule has 2 aromatic carbocycles. The van der Waals surface area contributed by atoms with Crippen molar-refractivity contribution in [2.24, 2.45) is 0 Å². The third kappa shape index (κ3) is 4.98. The Hall–Kier alpha value is -3.64. The summed E-state index contributed by atoms with van der Waals surface area (Å²) in [4.78, 5) is 31.6. The minimum atomic E-state index is -0.199. The van der Waals surface area contributed by atoms with Crippen LogP contribution < -0.4 is 15.6 Å². The van der Waals surface area contributed by atoms with Gasteiger partial charge in [0.25, 0.3) is 0 Å². The van der Waals surface area contributed by atoms with Gasteiger partial charge >= 0.3 is 0 Å². The standard InChI is InChI=1S/C30H30ClN3O3/c1-18-12-24(29-25(13-18)28(36)19(2)30(37-29)34-10-5-4-6-11-34)20(3)33-26-8-7-9-32-27(26)22-14-21(17-35)15-23(31)16-22/h7-9,12-17,20,33H,4-6,10-11H2,1-3H3. The molecule has 190 valence electrons. The predicted molar refractivity (Wildman–Crippen MR) is 150 cm³/mol. The Morgan fingerprint density at radius 3 is 2.65 bits per heavy atom. The van der Waals surface area contributed by atoms with Crippen LogP contribution in [0.4, 0.5) is 11.6 Å². The molecule has 1 unspecified atom stereocenters. The van der Waals surface area contributed by atoms with Crippen LogP contribution in [-0.4, -0.2) is 24.4 Å². The SMILES string of the molecule is Cc1cc(C(C)Nc2cccnc2-c2cc(Cl)cc(C=O)c2)c2oc(N3CCCCC3)c(C)c(=O)c2c1. The summed E-state index contributed by atoms with van der Waals surface area (Å²) < 4.78 is 6.53. The van der Waals surface area contributed by atoms with Gasteiger partial charge in [0.1, 0.15) is 11.9 Å². The molecule has 0 aliphatic carbocycles. The molecule has 1 aliphatic rings. The molecular weight excluding hydrogens is 486 g/mol. The van der Waals surface area contributed by atoms with E-state index in [0.717, 1.165) is 54.6 Å². The summed E-state index contributed by atoms with van der Waals surface area (Å²) in [7, 11) is 0. The van der Waals surface area contributed by atoms with E-state index in [9.17, 15) is 9.59 Å². The minimum Gasteiger partial charge on any atom is -0.440 e. The zero-order chi connectivity index (χ0) is 26.1. The maximum absolute atomic E-state index is 13.5. The smallest absolute Gasteiger partial charge is 0.202 e. The number of piperidine rings is 1. The molecule has 37 heavy (non-hydrogen) atoms. The molecule has 7 heteroatoms. The Morgan fingerprint density at radius 1 is 1.11 bits per heavy atom. The molecule has 1 saturated heterocycles. The zero-order valence-electron chi connectivity index (χ0n) is 21.3. The minimum absolute atomic E-state index is 0.0151. The van der Waals surface area contributed by atoms with Gasteiger partial charge in [-0.3, -0.25) is 14.6 Å². The monoisotopic (exact) mass is 515 g/mol. The van der Waals surface area contributed by atoms with Gasteiger partial charge in [-0.05, 0) is 82.0 Å². The van der Waals surface area contributed by atoms with Crippen LogP contribution in [0.1, 0.15) is 59.3 Å². The normalized spacial score (nSPS) is 14.5. The van der Waals surface area contributed by atoms with Crippen LogP contribution in [0.2, 0.25) is 5.02 Å². The lowest BCUT2D eigenvalue weighted by Gasteiger charge is -2.29. The molecule has 5 rings (SSSR count). The molecule has 1 atom stereocenters. The first-order chi connectivity index (χ1) is 17.9. The highest BCUT2D eigenvalue weighted by Crippen LogP contribution is 2.35. The Labute approximate surface area is 221 Å². The van der Waals surface area contributed by atoms with Gasteiger partial charge in [0.15, 0.2) is 5.43 Å². The average molecular weight is 516 g/mol. The summed E-state index contributed by atoms with van der Waals surface area (Å²) in [6.07, 6.45) is 5.88. The molecule has 0 radical (unpaired) electrons. The second kappa shape index (κ2) is 10.4. The molecule has 1 N–H and O–H groups in total. The van der Waals surface area contributed by atoms with E-state index < -0.39 is 0 Å². The van der Waals surface area contributed by atoms with E-state index in [-0.39, 0.29) is 11.5 Å². The second-order valence-electron chi connectivity index (χ2n) is 9.80. The number of aromatic nitrogens is 1. The van der Waals surface area contributed by atoms with Crippen molar-refractivity contribution < 1.29 is 9.21 Å². The van der Waals surface area contributed by atoms with Crippen molar-refractivity contribution in [3.05, 3.63) is 86.2 Å². The number of anilines is 2. The Balaban J connectivity index is 1.59. The fourth-order valence-electron chi connectivity index (χ4n) is 5.16.